The Hall–Kier alpha value is -7.69. The fourth-order valence-electron chi connectivity index (χ4n) is 9.45. The van der Waals surface area contributed by atoms with Crippen LogP contribution in [0.15, 0.2) is 174 Å². The third kappa shape index (κ3) is 29.2. The van der Waals surface area contributed by atoms with Crippen molar-refractivity contribution in [3.8, 4) is 0 Å². The number of aromatic nitrogens is 12. The van der Waals surface area contributed by atoms with E-state index in [0.29, 0.717) is 48.4 Å². The molecule has 570 valence electrons. The molecule has 5 aliphatic rings. The molecular weight excluding hydrogens is 1630 g/mol. The van der Waals surface area contributed by atoms with Crippen LogP contribution in [0.3, 0.4) is 0 Å². The summed E-state index contributed by atoms with van der Waals surface area (Å²) in [5.74, 6) is 4.85. The maximum Gasteiger partial charge on any atom is 0.249 e. The summed E-state index contributed by atoms with van der Waals surface area (Å²) in [6.45, 7) is 7.74. The Morgan fingerprint density at radius 1 is 0.459 bits per heavy atom. The van der Waals surface area contributed by atoms with Crippen LogP contribution < -0.4 is 36.8 Å². The summed E-state index contributed by atoms with van der Waals surface area (Å²) in [4.78, 5) is 88.7. The van der Waals surface area contributed by atoms with Crippen LogP contribution in [0, 0.1) is 37.5 Å². The maximum atomic E-state index is 12.0. The monoisotopic (exact) mass is 1700 g/mol. The number of hydrogen-bond donors (Lipinski definition) is 9. The molecule has 1 saturated heterocycles. The second-order valence-corrected chi connectivity index (χ2v) is 32.5. The van der Waals surface area contributed by atoms with Crippen molar-refractivity contribution in [2.45, 2.75) is 113 Å². The van der Waals surface area contributed by atoms with Gasteiger partial charge >= 0.3 is 0 Å². The molecule has 1 aliphatic heterocycles. The number of anilines is 9. The summed E-state index contributed by atoms with van der Waals surface area (Å²) >= 11 is 37.1. The van der Waals surface area contributed by atoms with Gasteiger partial charge in [-0.1, -0.05) is 65.4 Å². The zero-order valence-electron chi connectivity index (χ0n) is 58.3. The number of amides is 4. The second-order valence-electron chi connectivity index (χ2n) is 25.0. The zero-order chi connectivity index (χ0) is 75.0. The predicted octanol–water partition coefficient (Wildman–Crippen LogP) is 16.2. The van der Waals surface area contributed by atoms with Crippen LogP contribution in [0.4, 0.5) is 51.8 Å². The van der Waals surface area contributed by atoms with Crippen molar-refractivity contribution in [3.05, 3.63) is 171 Å². The first kappa shape index (κ1) is 86.9. The fourth-order valence-corrected chi connectivity index (χ4v) is 13.7. The zero-order valence-corrected chi connectivity index (χ0v) is 67.6. The van der Waals surface area contributed by atoms with E-state index in [2.05, 4.69) is 112 Å². The van der Waals surface area contributed by atoms with Gasteiger partial charge in [0.05, 0.1) is 0 Å². The number of aryl methyl sites for hydroxylation is 2. The number of nitrogens with zero attached hydrogens (tertiary/aromatic N) is 12. The standard InChI is InChI=1S/C23H28N8OS.C18H17ClN6OS.C14H11Cl2N3OS.C10H11NOS.C5H4Cl2N2O2S.CH4.B.V.H2/c1-15-13-20(29-28-15)25-19-14-21(31-11-9-30(2)10-12-31)27-23(26-19)33-18-7-5-17(6-8-18)24-22(32)16-3-4-16;1-10-8-16(25-24-10)22-15-9-14(19)21-18(23-15)27-13-6-4-12(5-7-13)20-17(26)11-2-3-11;15-11-7-12(16)19-14(18-11)21-10-5-3-9(4-6-10)17-13(20)8-1-2-8;12-10(7-1-2-7)11-8-3-5-9(13)6-4-8;1-12(10,11)5-8-3(6)2-4(7)9-5;;;;/h5-8,13-14,16H,3-4,9-12H2,1-2H3,(H,24,32)(H2,25,26,27,28,29);4-9,11H,2-3H2,1H3,(H,20,26)(H2,21,22,23,24,25);3-8H,1-2H2,(H,17,20);3-7,13H,1-2H2,(H,11,12);2H,1H3;1H4;;;1H/i;;;;;;;;1+1. The van der Waals surface area contributed by atoms with Crippen molar-refractivity contribution in [2.75, 3.05) is 76.3 Å². The van der Waals surface area contributed by atoms with E-state index in [1.54, 1.807) is 6.07 Å². The normalized spacial score (nSPS) is 14.2. The van der Waals surface area contributed by atoms with Gasteiger partial charge in [-0.25, -0.2) is 48.3 Å². The molecule has 0 bridgehead atoms. The van der Waals surface area contributed by atoms with Crippen LogP contribution in [-0.4, -0.2) is 145 Å². The number of carbonyl (C=O) groups is 4. The minimum Gasteiger partial charge on any atom is -0.354 e. The van der Waals surface area contributed by atoms with Gasteiger partial charge in [0.15, 0.2) is 27.1 Å². The number of aromatic amines is 2. The largest absolute Gasteiger partial charge is 0.354 e. The molecule has 38 heteroatoms. The van der Waals surface area contributed by atoms with E-state index in [0.717, 1.165) is 149 Å². The maximum absolute atomic E-state index is 12.0. The Kier molecular flexibility index (Phi) is 32.7. The first-order chi connectivity index (χ1) is 50.8. The molecule has 10 aromatic rings. The summed E-state index contributed by atoms with van der Waals surface area (Å²) < 4.78 is 21.8. The van der Waals surface area contributed by atoms with E-state index in [1.807, 2.05) is 129 Å². The average Bonchev–Trinajstić information content (AvgIpc) is 1.53. The predicted molar refractivity (Wildman–Crippen MR) is 435 cm³/mol. The minimum atomic E-state index is -3.44. The van der Waals surface area contributed by atoms with Gasteiger partial charge in [-0.05, 0) is 205 Å². The Bertz CT molecular complexity index is 4830. The number of carbonyl (C=O) groups excluding carboxylic acids is 4. The number of sulfone groups is 1. The van der Waals surface area contributed by atoms with Gasteiger partial charge in [0.2, 0.25) is 38.6 Å². The topological polar surface area (TPSA) is 342 Å². The number of piperazine rings is 1. The van der Waals surface area contributed by atoms with Crippen molar-refractivity contribution >= 4 is 200 Å². The van der Waals surface area contributed by atoms with E-state index in [4.69, 9.17) is 68.0 Å². The van der Waals surface area contributed by atoms with Crippen molar-refractivity contribution in [1.29, 1.82) is 0 Å². The third-order valence-corrected chi connectivity index (χ3v) is 20.4. The number of nitrogens with one attached hydrogen (secondary N) is 8. The summed E-state index contributed by atoms with van der Waals surface area (Å²) in [5.41, 5.74) is 5.19. The molecule has 6 aromatic heterocycles. The Morgan fingerprint density at radius 3 is 1.10 bits per heavy atom. The van der Waals surface area contributed by atoms with Gasteiger partial charge in [-0.15, -0.1) is 12.6 Å². The summed E-state index contributed by atoms with van der Waals surface area (Å²) in [6, 6.07) is 40.6. The van der Waals surface area contributed by atoms with Crippen LogP contribution in [0.5, 0.6) is 0 Å². The molecule has 15 rings (SSSR count). The Labute approximate surface area is 690 Å². The number of H-pyrrole nitrogens is 2. The minimum absolute atomic E-state index is 0. The second kappa shape index (κ2) is 41.0. The van der Waals surface area contributed by atoms with Crippen molar-refractivity contribution in [2.24, 2.45) is 23.7 Å². The van der Waals surface area contributed by atoms with Crippen LogP contribution in [0.1, 0.15) is 71.6 Å². The van der Waals surface area contributed by atoms with Crippen LogP contribution in [0.25, 0.3) is 0 Å². The van der Waals surface area contributed by atoms with E-state index < -0.39 is 9.84 Å². The summed E-state index contributed by atoms with van der Waals surface area (Å²) in [6.07, 6.45) is 9.01. The molecule has 0 unspecified atom stereocenters. The van der Waals surface area contributed by atoms with Gasteiger partial charge < -0.3 is 41.7 Å². The molecule has 0 spiro atoms. The first-order valence-electron chi connectivity index (χ1n) is 33.2. The molecule has 7 heterocycles. The molecule has 109 heavy (non-hydrogen) atoms. The number of rotatable bonds is 20. The number of likely N-dealkylation sites (N-methyl/N-ethyl adjacent to an activating group) is 1. The molecule has 4 aliphatic carbocycles. The molecular formula is C71H77BCl5N20O6S5V. The molecule has 4 amide bonds. The van der Waals surface area contributed by atoms with E-state index >= 15 is 0 Å². The van der Waals surface area contributed by atoms with Crippen molar-refractivity contribution < 1.29 is 47.6 Å². The molecule has 0 atom stereocenters. The molecule has 4 aromatic carbocycles. The van der Waals surface area contributed by atoms with Gasteiger partial charge in [-0.3, -0.25) is 29.4 Å². The number of hydrogen-bond acceptors (Lipinski definition) is 24. The molecule has 4 saturated carbocycles. The molecule has 8 N–H and O–H groups in total. The smallest absolute Gasteiger partial charge is 0.249 e. The van der Waals surface area contributed by atoms with Crippen molar-refractivity contribution in [1.82, 2.24) is 65.2 Å². The van der Waals surface area contributed by atoms with Crippen LogP contribution >= 0.6 is 106 Å². The average molecular weight is 1710 g/mol. The molecule has 4 radical (unpaired) electrons. The summed E-state index contributed by atoms with van der Waals surface area (Å²) in [5, 5.41) is 34.5. The Balaban J connectivity index is 0.000000198. The van der Waals surface area contributed by atoms with E-state index in [9.17, 15) is 27.6 Å². The first-order valence-corrected chi connectivity index (χ1v) is 39.9. The fraction of sp³-hybridized carbons (Fsp3) is 0.296. The van der Waals surface area contributed by atoms with Crippen LogP contribution in [-0.2, 0) is 47.6 Å². The third-order valence-electron chi connectivity index (χ3n) is 15.7. The number of halogens is 5. The van der Waals surface area contributed by atoms with Gasteiger partial charge in [0.25, 0.3) is 0 Å². The quantitative estimate of drug-likeness (QED) is 0.0148. The number of benzene rings is 4. The van der Waals surface area contributed by atoms with E-state index in [-0.39, 0.29) is 98.6 Å². The van der Waals surface area contributed by atoms with Crippen molar-refractivity contribution in [3.63, 3.8) is 0 Å². The van der Waals surface area contributed by atoms with E-state index in [1.165, 1.54) is 47.4 Å². The van der Waals surface area contributed by atoms with Gasteiger partial charge in [0, 0.05) is 175 Å². The molecule has 5 fully saturated rings. The Morgan fingerprint density at radius 2 is 0.771 bits per heavy atom. The van der Waals surface area contributed by atoms with Crippen LogP contribution in [0.2, 0.25) is 25.8 Å². The summed E-state index contributed by atoms with van der Waals surface area (Å²) in [7, 11) is -1.30. The molecule has 26 nitrogen and oxygen atoms in total. The van der Waals surface area contributed by atoms with Gasteiger partial charge in [0.1, 0.15) is 43.2 Å². The van der Waals surface area contributed by atoms with Gasteiger partial charge in [-0.2, -0.15) is 10.2 Å². The number of thiol groups is 1. The SMILES string of the molecule is C.CS(=O)(=O)c1nc(Cl)cc(Cl)n1.Cc1cc(Nc2cc(Cl)nc(Sc3ccc(NC(=O)C4CC4)cc3)n2)n[nH]1.Cc1cc(Nc2cc(N3CCN(C)CC3)nc(Sc3ccc(NC(=O)C4CC4)cc3)n2)n[nH]1.O=C(Nc1ccc(S)cc1)C1CC1.O=C(Nc1ccc(Sc2nc(Cl)cc(Cl)n2)cc1)C1CC1.[2HH].[B].[V].